The molecule has 0 bridgehead atoms. The molecule has 94 valence electrons. The molecule has 0 aliphatic rings. The van der Waals surface area contributed by atoms with Crippen LogP contribution in [0, 0.1) is 0 Å². The normalized spacial score (nSPS) is 13.1. The summed E-state index contributed by atoms with van der Waals surface area (Å²) in [6.45, 7) is 1.41. The summed E-state index contributed by atoms with van der Waals surface area (Å²) in [5.41, 5.74) is 5.22. The van der Waals surface area contributed by atoms with Gasteiger partial charge in [0.05, 0.1) is 6.04 Å². The van der Waals surface area contributed by atoms with Gasteiger partial charge in [-0.3, -0.25) is 9.59 Å². The standard InChI is InChI=1S/C8H14N2O5.ClH/c1-4(9)7(13)10-5(8(14)15)2-3-6(11)12;/h4-5H,2-3,9H2,1H3,(H,10,13)(H,11,12)(H,14,15);1H/t4-,5+;/m0./s1. The molecule has 5 N–H and O–H groups in total. The molecule has 1 amide bonds. The molecule has 8 heteroatoms. The van der Waals surface area contributed by atoms with Gasteiger partial charge >= 0.3 is 11.9 Å². The van der Waals surface area contributed by atoms with Crippen molar-refractivity contribution in [2.24, 2.45) is 5.73 Å². The second kappa shape index (κ2) is 7.89. The minimum absolute atomic E-state index is 0. The van der Waals surface area contributed by atoms with Crippen molar-refractivity contribution < 1.29 is 24.6 Å². The molecule has 0 heterocycles. The molecule has 2 atom stereocenters. The average Bonchev–Trinajstić information content (AvgIpc) is 2.10. The average molecular weight is 255 g/mol. The zero-order valence-electron chi connectivity index (χ0n) is 8.67. The zero-order valence-corrected chi connectivity index (χ0v) is 9.49. The molecule has 0 aromatic heterocycles. The Kier molecular flexibility index (Phi) is 8.41. The lowest BCUT2D eigenvalue weighted by molar-refractivity contribution is -0.143. The molecule has 0 saturated heterocycles. The van der Waals surface area contributed by atoms with Crippen molar-refractivity contribution in [1.29, 1.82) is 0 Å². The highest BCUT2D eigenvalue weighted by molar-refractivity contribution is 5.86. The summed E-state index contributed by atoms with van der Waals surface area (Å²) < 4.78 is 0. The molecule has 0 saturated carbocycles. The van der Waals surface area contributed by atoms with E-state index in [1.54, 1.807) is 0 Å². The first-order valence-electron chi connectivity index (χ1n) is 4.35. The van der Waals surface area contributed by atoms with Gasteiger partial charge in [0.2, 0.25) is 5.91 Å². The first kappa shape index (κ1) is 17.1. The van der Waals surface area contributed by atoms with Crippen molar-refractivity contribution in [2.45, 2.75) is 31.8 Å². The van der Waals surface area contributed by atoms with Crippen LogP contribution in [0.25, 0.3) is 0 Å². The Morgan fingerprint density at radius 1 is 1.31 bits per heavy atom. The fraction of sp³-hybridized carbons (Fsp3) is 0.625. The smallest absolute Gasteiger partial charge is 0.326 e. The van der Waals surface area contributed by atoms with Gasteiger partial charge in [0.1, 0.15) is 6.04 Å². The molecular formula is C8H15ClN2O5. The molecule has 0 unspecified atom stereocenters. The van der Waals surface area contributed by atoms with Crippen LogP contribution < -0.4 is 11.1 Å². The van der Waals surface area contributed by atoms with Crippen LogP contribution in [-0.4, -0.2) is 40.1 Å². The number of amides is 1. The molecule has 0 radical (unpaired) electrons. The highest BCUT2D eigenvalue weighted by Crippen LogP contribution is 1.98. The van der Waals surface area contributed by atoms with E-state index in [0.29, 0.717) is 0 Å². The van der Waals surface area contributed by atoms with Gasteiger partial charge in [-0.15, -0.1) is 12.4 Å². The Hall–Kier alpha value is -1.34. The first-order valence-corrected chi connectivity index (χ1v) is 4.35. The maximum Gasteiger partial charge on any atom is 0.326 e. The van der Waals surface area contributed by atoms with Crippen molar-refractivity contribution in [3.05, 3.63) is 0 Å². The highest BCUT2D eigenvalue weighted by Gasteiger charge is 2.21. The number of hydrogen-bond donors (Lipinski definition) is 4. The number of carboxylic acid groups (broad SMARTS) is 2. The van der Waals surface area contributed by atoms with E-state index in [2.05, 4.69) is 5.32 Å². The molecule has 16 heavy (non-hydrogen) atoms. The third-order valence-corrected chi connectivity index (χ3v) is 1.68. The summed E-state index contributed by atoms with van der Waals surface area (Å²) in [5.74, 6) is -3.01. The maximum absolute atomic E-state index is 11.1. The molecule has 0 fully saturated rings. The van der Waals surface area contributed by atoms with Crippen LogP contribution in [0.2, 0.25) is 0 Å². The minimum atomic E-state index is -1.27. The predicted molar refractivity (Wildman–Crippen MR) is 57.3 cm³/mol. The summed E-state index contributed by atoms with van der Waals surface area (Å²) in [7, 11) is 0. The largest absolute Gasteiger partial charge is 0.481 e. The Labute approximate surface area is 98.4 Å². The number of carbonyl (C=O) groups excluding carboxylic acids is 1. The van der Waals surface area contributed by atoms with Gasteiger partial charge < -0.3 is 21.3 Å². The van der Waals surface area contributed by atoms with Crippen molar-refractivity contribution in [1.82, 2.24) is 5.32 Å². The Bertz CT molecular complexity index is 269. The fourth-order valence-electron chi connectivity index (χ4n) is 0.828. The van der Waals surface area contributed by atoms with Gasteiger partial charge in [-0.25, -0.2) is 4.79 Å². The summed E-state index contributed by atoms with van der Waals surface area (Å²) in [5, 5.41) is 19.2. The fourth-order valence-corrected chi connectivity index (χ4v) is 0.828. The minimum Gasteiger partial charge on any atom is -0.481 e. The van der Waals surface area contributed by atoms with Crippen LogP contribution in [0.5, 0.6) is 0 Å². The third kappa shape index (κ3) is 7.02. The molecule has 0 aromatic rings. The van der Waals surface area contributed by atoms with Crippen LogP contribution in [0.3, 0.4) is 0 Å². The van der Waals surface area contributed by atoms with E-state index in [4.69, 9.17) is 15.9 Å². The summed E-state index contributed by atoms with van der Waals surface area (Å²) in [6.07, 6.45) is -0.487. The van der Waals surface area contributed by atoms with E-state index in [-0.39, 0.29) is 25.2 Å². The lowest BCUT2D eigenvalue weighted by Crippen LogP contribution is -2.47. The second-order valence-electron chi connectivity index (χ2n) is 3.12. The van der Waals surface area contributed by atoms with Crippen LogP contribution in [0.1, 0.15) is 19.8 Å². The highest BCUT2D eigenvalue weighted by atomic mass is 35.5. The van der Waals surface area contributed by atoms with Gasteiger partial charge in [0.25, 0.3) is 0 Å². The number of nitrogens with one attached hydrogen (secondary N) is 1. The number of carboxylic acids is 2. The van der Waals surface area contributed by atoms with Crippen molar-refractivity contribution >= 4 is 30.3 Å². The van der Waals surface area contributed by atoms with Crippen molar-refractivity contribution in [2.75, 3.05) is 0 Å². The van der Waals surface area contributed by atoms with Crippen molar-refractivity contribution in [3.8, 4) is 0 Å². The maximum atomic E-state index is 11.1. The SMILES string of the molecule is C[C@H](N)C(=O)N[C@H](CCC(=O)O)C(=O)O.Cl. The lowest BCUT2D eigenvalue weighted by atomic mass is 10.1. The number of hydrogen-bond acceptors (Lipinski definition) is 4. The quantitative estimate of drug-likeness (QED) is 0.490. The van der Waals surface area contributed by atoms with Crippen LogP contribution in [0.15, 0.2) is 0 Å². The van der Waals surface area contributed by atoms with Gasteiger partial charge in [-0.2, -0.15) is 0 Å². The lowest BCUT2D eigenvalue weighted by Gasteiger charge is -2.14. The topological polar surface area (TPSA) is 130 Å². The third-order valence-electron chi connectivity index (χ3n) is 1.68. The Morgan fingerprint density at radius 3 is 2.12 bits per heavy atom. The van der Waals surface area contributed by atoms with E-state index in [0.717, 1.165) is 0 Å². The number of nitrogens with two attached hydrogens (primary N) is 1. The summed E-state index contributed by atoms with van der Waals surface area (Å²) in [4.78, 5) is 31.9. The Balaban J connectivity index is 0. The first-order chi connectivity index (χ1) is 6.84. The van der Waals surface area contributed by atoms with E-state index >= 15 is 0 Å². The number of rotatable bonds is 6. The van der Waals surface area contributed by atoms with Crippen molar-refractivity contribution in [3.63, 3.8) is 0 Å². The molecule has 0 spiro atoms. The van der Waals surface area contributed by atoms with Gasteiger partial charge in [-0.05, 0) is 13.3 Å². The second-order valence-corrected chi connectivity index (χ2v) is 3.12. The number of halogens is 1. The monoisotopic (exact) mass is 254 g/mol. The van der Waals surface area contributed by atoms with Crippen LogP contribution >= 0.6 is 12.4 Å². The van der Waals surface area contributed by atoms with Crippen LogP contribution in [0.4, 0.5) is 0 Å². The molecule has 0 aliphatic heterocycles. The molecular weight excluding hydrogens is 240 g/mol. The van der Waals surface area contributed by atoms with E-state index in [1.165, 1.54) is 6.92 Å². The van der Waals surface area contributed by atoms with Gasteiger partial charge in [-0.1, -0.05) is 0 Å². The molecule has 0 rings (SSSR count). The van der Waals surface area contributed by atoms with E-state index in [1.807, 2.05) is 0 Å². The summed E-state index contributed by atoms with van der Waals surface area (Å²) in [6, 6.07) is -2.03. The van der Waals surface area contributed by atoms with Gasteiger partial charge in [0, 0.05) is 6.42 Å². The molecule has 0 aliphatic carbocycles. The number of aliphatic carboxylic acids is 2. The predicted octanol–water partition coefficient (Wildman–Crippen LogP) is -0.810. The molecule has 7 nitrogen and oxygen atoms in total. The number of carbonyl (C=O) groups is 3. The molecule has 0 aromatic carbocycles. The van der Waals surface area contributed by atoms with E-state index in [9.17, 15) is 14.4 Å². The Morgan fingerprint density at radius 2 is 1.81 bits per heavy atom. The van der Waals surface area contributed by atoms with Crippen LogP contribution in [-0.2, 0) is 14.4 Å². The zero-order chi connectivity index (χ0) is 12.0. The van der Waals surface area contributed by atoms with E-state index < -0.39 is 29.9 Å². The summed E-state index contributed by atoms with van der Waals surface area (Å²) >= 11 is 0. The van der Waals surface area contributed by atoms with Gasteiger partial charge in [0.15, 0.2) is 0 Å².